The number of aromatic nitrogens is 2. The molecule has 1 aliphatic rings. The molecular formula is C16H23N3O2S. The van der Waals surface area contributed by atoms with E-state index in [4.69, 9.17) is 4.74 Å². The van der Waals surface area contributed by atoms with Gasteiger partial charge in [0.1, 0.15) is 5.60 Å². The number of likely N-dealkylation sites (tertiary alicyclic amines) is 1. The zero-order valence-corrected chi connectivity index (χ0v) is 14.2. The standard InChI is InChI=1S/C16H23N3O2S/c1-5-7-12-10-19(15(20)21-16(2,3)4)11-13(12)22-14-17-8-6-9-18-14/h5-6,8-9,12-13H,1,7,10-11H2,2-4H3/t12-,13+/m0/s1. The van der Waals surface area contributed by atoms with Gasteiger partial charge < -0.3 is 9.64 Å². The van der Waals surface area contributed by atoms with Crippen LogP contribution in [0, 0.1) is 5.92 Å². The van der Waals surface area contributed by atoms with Crippen LogP contribution >= 0.6 is 11.8 Å². The summed E-state index contributed by atoms with van der Waals surface area (Å²) in [6.07, 6.45) is 5.99. The van der Waals surface area contributed by atoms with Crippen molar-refractivity contribution >= 4 is 17.9 Å². The van der Waals surface area contributed by atoms with Crippen molar-refractivity contribution < 1.29 is 9.53 Å². The van der Waals surface area contributed by atoms with Gasteiger partial charge in [-0.05, 0) is 39.2 Å². The van der Waals surface area contributed by atoms with Gasteiger partial charge in [0.15, 0.2) is 5.16 Å². The molecule has 1 saturated heterocycles. The summed E-state index contributed by atoms with van der Waals surface area (Å²) in [6.45, 7) is 10.8. The molecule has 1 amide bonds. The Labute approximate surface area is 136 Å². The molecule has 5 nitrogen and oxygen atoms in total. The minimum absolute atomic E-state index is 0.251. The Morgan fingerprint density at radius 2 is 2.14 bits per heavy atom. The quantitative estimate of drug-likeness (QED) is 0.628. The minimum Gasteiger partial charge on any atom is -0.444 e. The summed E-state index contributed by atoms with van der Waals surface area (Å²) < 4.78 is 5.47. The molecule has 1 aliphatic heterocycles. The molecule has 0 saturated carbocycles. The van der Waals surface area contributed by atoms with Crippen LogP contribution < -0.4 is 0 Å². The van der Waals surface area contributed by atoms with Crippen LogP contribution in [0.2, 0.25) is 0 Å². The minimum atomic E-state index is -0.473. The molecule has 0 bridgehead atoms. The average Bonchev–Trinajstić information content (AvgIpc) is 2.82. The van der Waals surface area contributed by atoms with Crippen molar-refractivity contribution in [2.24, 2.45) is 5.92 Å². The number of ether oxygens (including phenoxy) is 1. The molecule has 1 aromatic heterocycles. The number of carbonyl (C=O) groups is 1. The smallest absolute Gasteiger partial charge is 0.410 e. The maximum atomic E-state index is 12.2. The molecule has 1 aromatic rings. The van der Waals surface area contributed by atoms with Gasteiger partial charge in [0.25, 0.3) is 0 Å². The van der Waals surface area contributed by atoms with Crippen molar-refractivity contribution in [1.82, 2.24) is 14.9 Å². The van der Waals surface area contributed by atoms with Gasteiger partial charge in [0, 0.05) is 30.7 Å². The number of nitrogens with zero attached hydrogens (tertiary/aromatic N) is 3. The molecular weight excluding hydrogens is 298 g/mol. The van der Waals surface area contributed by atoms with E-state index in [9.17, 15) is 4.79 Å². The van der Waals surface area contributed by atoms with Crippen molar-refractivity contribution in [2.75, 3.05) is 13.1 Å². The highest BCUT2D eigenvalue weighted by molar-refractivity contribution is 7.99. The summed E-state index contributed by atoms with van der Waals surface area (Å²) in [6, 6.07) is 1.80. The first-order valence-electron chi connectivity index (χ1n) is 7.41. The molecule has 0 unspecified atom stereocenters. The molecule has 22 heavy (non-hydrogen) atoms. The Balaban J connectivity index is 2.03. The van der Waals surface area contributed by atoms with E-state index < -0.39 is 5.60 Å². The lowest BCUT2D eigenvalue weighted by atomic mass is 10.1. The van der Waals surface area contributed by atoms with Crippen LogP contribution in [0.3, 0.4) is 0 Å². The number of carbonyl (C=O) groups excluding carboxylic acids is 1. The van der Waals surface area contributed by atoms with Crippen molar-refractivity contribution in [3.63, 3.8) is 0 Å². The summed E-state index contributed by atoms with van der Waals surface area (Å²) in [5.41, 5.74) is -0.473. The lowest BCUT2D eigenvalue weighted by molar-refractivity contribution is 0.0289. The number of hydrogen-bond acceptors (Lipinski definition) is 5. The van der Waals surface area contributed by atoms with Crippen molar-refractivity contribution in [2.45, 2.75) is 43.2 Å². The number of allylic oxidation sites excluding steroid dienone is 1. The molecule has 2 heterocycles. The maximum absolute atomic E-state index is 12.2. The lowest BCUT2D eigenvalue weighted by Crippen LogP contribution is -2.35. The van der Waals surface area contributed by atoms with Crippen LogP contribution in [0.1, 0.15) is 27.2 Å². The van der Waals surface area contributed by atoms with Gasteiger partial charge in [0.2, 0.25) is 0 Å². The fourth-order valence-electron chi connectivity index (χ4n) is 2.37. The average molecular weight is 321 g/mol. The topological polar surface area (TPSA) is 55.3 Å². The zero-order chi connectivity index (χ0) is 16.2. The van der Waals surface area contributed by atoms with Crippen LogP contribution in [0.25, 0.3) is 0 Å². The van der Waals surface area contributed by atoms with Crippen molar-refractivity contribution in [3.8, 4) is 0 Å². The maximum Gasteiger partial charge on any atom is 0.410 e. The van der Waals surface area contributed by atoms with Gasteiger partial charge >= 0.3 is 6.09 Å². The normalized spacial score (nSPS) is 21.7. The van der Waals surface area contributed by atoms with Gasteiger partial charge in [0.05, 0.1) is 0 Å². The highest BCUT2D eigenvalue weighted by atomic mass is 32.2. The summed E-state index contributed by atoms with van der Waals surface area (Å²) >= 11 is 1.62. The third-order valence-electron chi connectivity index (χ3n) is 3.30. The first kappa shape index (κ1) is 16.8. The Bertz CT molecular complexity index is 516. The predicted octanol–water partition coefficient (Wildman–Crippen LogP) is 3.38. The Hall–Kier alpha value is -1.56. The van der Waals surface area contributed by atoms with E-state index >= 15 is 0 Å². The van der Waals surface area contributed by atoms with E-state index in [1.54, 1.807) is 35.1 Å². The highest BCUT2D eigenvalue weighted by Crippen LogP contribution is 2.34. The fourth-order valence-corrected chi connectivity index (χ4v) is 3.53. The summed E-state index contributed by atoms with van der Waals surface area (Å²) in [5.74, 6) is 0.346. The highest BCUT2D eigenvalue weighted by Gasteiger charge is 2.37. The van der Waals surface area contributed by atoms with Gasteiger partial charge in [-0.15, -0.1) is 6.58 Å². The zero-order valence-electron chi connectivity index (χ0n) is 13.4. The van der Waals surface area contributed by atoms with Crippen LogP contribution in [0.4, 0.5) is 4.79 Å². The monoisotopic (exact) mass is 321 g/mol. The van der Waals surface area contributed by atoms with Gasteiger partial charge in [-0.1, -0.05) is 17.8 Å². The number of thioether (sulfide) groups is 1. The number of hydrogen-bond donors (Lipinski definition) is 0. The summed E-state index contributed by atoms with van der Waals surface area (Å²) in [7, 11) is 0. The first-order chi connectivity index (χ1) is 10.4. The largest absolute Gasteiger partial charge is 0.444 e. The summed E-state index contributed by atoms with van der Waals surface area (Å²) in [4.78, 5) is 22.5. The SMILES string of the molecule is C=CC[C@H]1CN(C(=O)OC(C)(C)C)C[C@H]1Sc1ncccn1. The Morgan fingerprint density at radius 3 is 2.73 bits per heavy atom. The molecule has 0 aliphatic carbocycles. The van der Waals surface area contributed by atoms with E-state index in [1.807, 2.05) is 26.8 Å². The summed E-state index contributed by atoms with van der Waals surface area (Å²) in [5, 5.41) is 1.00. The first-order valence-corrected chi connectivity index (χ1v) is 8.29. The van der Waals surface area contributed by atoms with E-state index in [0.29, 0.717) is 19.0 Å². The van der Waals surface area contributed by atoms with Gasteiger partial charge in [-0.25, -0.2) is 14.8 Å². The molecule has 0 N–H and O–H groups in total. The van der Waals surface area contributed by atoms with Crippen LogP contribution in [0.15, 0.2) is 36.3 Å². The third kappa shape index (κ3) is 4.73. The molecule has 120 valence electrons. The predicted molar refractivity (Wildman–Crippen MR) is 87.8 cm³/mol. The molecule has 2 rings (SSSR count). The van der Waals surface area contributed by atoms with E-state index in [0.717, 1.165) is 11.6 Å². The van der Waals surface area contributed by atoms with E-state index in [2.05, 4.69) is 16.5 Å². The van der Waals surface area contributed by atoms with E-state index in [-0.39, 0.29) is 11.3 Å². The van der Waals surface area contributed by atoms with Crippen LogP contribution in [-0.4, -0.2) is 44.9 Å². The lowest BCUT2D eigenvalue weighted by Gasteiger charge is -2.24. The Kier molecular flexibility index (Phi) is 5.45. The molecule has 1 fully saturated rings. The molecule has 0 radical (unpaired) electrons. The van der Waals surface area contributed by atoms with Crippen LogP contribution in [0.5, 0.6) is 0 Å². The molecule has 6 heteroatoms. The van der Waals surface area contributed by atoms with Crippen LogP contribution in [-0.2, 0) is 4.74 Å². The van der Waals surface area contributed by atoms with E-state index in [1.165, 1.54) is 0 Å². The second-order valence-corrected chi connectivity index (χ2v) is 7.56. The van der Waals surface area contributed by atoms with Crippen molar-refractivity contribution in [3.05, 3.63) is 31.1 Å². The third-order valence-corrected chi connectivity index (χ3v) is 4.56. The second-order valence-electron chi connectivity index (χ2n) is 6.36. The number of rotatable bonds is 4. The number of amides is 1. The van der Waals surface area contributed by atoms with Gasteiger partial charge in [-0.3, -0.25) is 0 Å². The molecule has 0 aromatic carbocycles. The van der Waals surface area contributed by atoms with Gasteiger partial charge in [-0.2, -0.15) is 0 Å². The van der Waals surface area contributed by atoms with Crippen molar-refractivity contribution in [1.29, 1.82) is 0 Å². The fraction of sp³-hybridized carbons (Fsp3) is 0.562. The molecule has 0 spiro atoms. The Morgan fingerprint density at radius 1 is 1.45 bits per heavy atom. The second kappa shape index (κ2) is 7.13. The molecule has 2 atom stereocenters.